The van der Waals surface area contributed by atoms with Gasteiger partial charge in [0.05, 0.1) is 6.04 Å². The van der Waals surface area contributed by atoms with Crippen molar-refractivity contribution in [3.8, 4) is 0 Å². The molecular formula is C20H25N. The van der Waals surface area contributed by atoms with Crippen LogP contribution in [0.1, 0.15) is 57.8 Å². The Morgan fingerprint density at radius 1 is 0.857 bits per heavy atom. The van der Waals surface area contributed by atoms with Gasteiger partial charge in [0.25, 0.3) is 0 Å². The fraction of sp³-hybridized carbons (Fsp3) is 0.400. The van der Waals surface area contributed by atoms with E-state index in [0.717, 1.165) is 0 Å². The van der Waals surface area contributed by atoms with Gasteiger partial charge in [-0.25, -0.2) is 0 Å². The van der Waals surface area contributed by atoms with Gasteiger partial charge in [0, 0.05) is 0 Å². The summed E-state index contributed by atoms with van der Waals surface area (Å²) in [5.41, 5.74) is 16.1. The number of aryl methyl sites for hydroxylation is 5. The molecule has 1 atom stereocenters. The second kappa shape index (κ2) is 5.65. The molecule has 1 aliphatic rings. The van der Waals surface area contributed by atoms with E-state index >= 15 is 0 Å². The molecule has 2 aromatic carbocycles. The molecule has 2 N–H and O–H groups in total. The van der Waals surface area contributed by atoms with E-state index < -0.39 is 0 Å². The molecule has 1 heteroatoms. The lowest BCUT2D eigenvalue weighted by Gasteiger charge is -2.22. The third-order valence-electron chi connectivity index (χ3n) is 4.78. The van der Waals surface area contributed by atoms with Crippen LogP contribution in [-0.2, 0) is 12.8 Å². The van der Waals surface area contributed by atoms with E-state index in [0.29, 0.717) is 0 Å². The van der Waals surface area contributed by atoms with Crippen molar-refractivity contribution in [3.05, 3.63) is 69.3 Å². The molecular weight excluding hydrogens is 254 g/mol. The van der Waals surface area contributed by atoms with Gasteiger partial charge < -0.3 is 5.73 Å². The van der Waals surface area contributed by atoms with Crippen LogP contribution in [0.25, 0.3) is 0 Å². The molecule has 1 aliphatic carbocycles. The third-order valence-corrected chi connectivity index (χ3v) is 4.78. The van der Waals surface area contributed by atoms with Crippen molar-refractivity contribution in [3.63, 3.8) is 0 Å². The summed E-state index contributed by atoms with van der Waals surface area (Å²) in [7, 11) is 0. The van der Waals surface area contributed by atoms with E-state index in [2.05, 4.69) is 51.1 Å². The Balaban J connectivity index is 2.01. The standard InChI is InChI=1S/C20H25N/c1-13-10-14(2)19(15(3)11-13)20(21)18-9-8-16-6-4-5-7-17(16)12-18/h8-12,20H,4-7,21H2,1-3H3. The third kappa shape index (κ3) is 2.75. The minimum atomic E-state index is -0.0159. The number of benzene rings is 2. The minimum absolute atomic E-state index is 0.0159. The number of fused-ring (bicyclic) bond motifs is 1. The lowest BCUT2D eigenvalue weighted by atomic mass is 9.86. The first-order valence-corrected chi connectivity index (χ1v) is 8.01. The minimum Gasteiger partial charge on any atom is -0.320 e. The van der Waals surface area contributed by atoms with Crippen LogP contribution in [0.4, 0.5) is 0 Å². The average molecular weight is 279 g/mol. The highest BCUT2D eigenvalue weighted by Gasteiger charge is 2.17. The summed E-state index contributed by atoms with van der Waals surface area (Å²) in [6.45, 7) is 6.50. The maximum atomic E-state index is 6.60. The second-order valence-corrected chi connectivity index (χ2v) is 6.53. The van der Waals surface area contributed by atoms with Crippen molar-refractivity contribution in [1.29, 1.82) is 0 Å². The first kappa shape index (κ1) is 14.3. The molecule has 110 valence electrons. The van der Waals surface area contributed by atoms with Crippen LogP contribution in [0.2, 0.25) is 0 Å². The van der Waals surface area contributed by atoms with E-state index in [1.54, 1.807) is 0 Å². The highest BCUT2D eigenvalue weighted by atomic mass is 14.6. The van der Waals surface area contributed by atoms with Gasteiger partial charge in [-0.1, -0.05) is 35.9 Å². The molecule has 0 fully saturated rings. The van der Waals surface area contributed by atoms with E-state index in [1.807, 2.05) is 0 Å². The first-order chi connectivity index (χ1) is 10.1. The number of rotatable bonds is 2. The summed E-state index contributed by atoms with van der Waals surface area (Å²) in [6, 6.07) is 11.3. The molecule has 0 aromatic heterocycles. The molecule has 3 rings (SSSR count). The molecule has 0 spiro atoms. The number of nitrogens with two attached hydrogens (primary N) is 1. The quantitative estimate of drug-likeness (QED) is 0.858. The van der Waals surface area contributed by atoms with E-state index in [-0.39, 0.29) is 6.04 Å². The monoisotopic (exact) mass is 279 g/mol. The smallest absolute Gasteiger partial charge is 0.0556 e. The molecule has 0 radical (unpaired) electrons. The fourth-order valence-corrected chi connectivity index (χ4v) is 3.80. The van der Waals surface area contributed by atoms with Crippen molar-refractivity contribution in [2.75, 3.05) is 0 Å². The summed E-state index contributed by atoms with van der Waals surface area (Å²) in [6.07, 6.45) is 5.08. The van der Waals surface area contributed by atoms with Crippen molar-refractivity contribution in [1.82, 2.24) is 0 Å². The van der Waals surface area contributed by atoms with Crippen LogP contribution in [0.15, 0.2) is 30.3 Å². The Hall–Kier alpha value is -1.60. The van der Waals surface area contributed by atoms with Gasteiger partial charge in [-0.15, -0.1) is 0 Å². The number of hydrogen-bond donors (Lipinski definition) is 1. The number of hydrogen-bond acceptors (Lipinski definition) is 1. The van der Waals surface area contributed by atoms with Gasteiger partial charge in [-0.05, 0) is 79.8 Å². The van der Waals surface area contributed by atoms with Gasteiger partial charge in [-0.3, -0.25) is 0 Å². The van der Waals surface area contributed by atoms with Crippen LogP contribution in [0.5, 0.6) is 0 Å². The van der Waals surface area contributed by atoms with Gasteiger partial charge >= 0.3 is 0 Å². The predicted octanol–water partition coefficient (Wildman–Crippen LogP) is 4.54. The highest BCUT2D eigenvalue weighted by Crippen LogP contribution is 2.30. The molecule has 21 heavy (non-hydrogen) atoms. The van der Waals surface area contributed by atoms with E-state index in [9.17, 15) is 0 Å². The van der Waals surface area contributed by atoms with E-state index in [4.69, 9.17) is 5.73 Å². The Morgan fingerprint density at radius 2 is 1.48 bits per heavy atom. The summed E-state index contributed by atoms with van der Waals surface area (Å²) >= 11 is 0. The first-order valence-electron chi connectivity index (χ1n) is 8.01. The Labute approximate surface area is 128 Å². The zero-order valence-corrected chi connectivity index (χ0v) is 13.4. The fourth-order valence-electron chi connectivity index (χ4n) is 3.80. The highest BCUT2D eigenvalue weighted by molar-refractivity contribution is 5.45. The van der Waals surface area contributed by atoms with Crippen LogP contribution in [-0.4, -0.2) is 0 Å². The molecule has 1 nitrogen and oxygen atoms in total. The van der Waals surface area contributed by atoms with Crippen molar-refractivity contribution in [2.45, 2.75) is 52.5 Å². The molecule has 2 aromatic rings. The predicted molar refractivity (Wildman–Crippen MR) is 89.8 cm³/mol. The Kier molecular flexibility index (Phi) is 3.86. The maximum absolute atomic E-state index is 6.60. The average Bonchev–Trinajstić information content (AvgIpc) is 2.45. The van der Waals surface area contributed by atoms with E-state index in [1.165, 1.54) is 64.6 Å². The summed E-state index contributed by atoms with van der Waals surface area (Å²) in [4.78, 5) is 0. The molecule has 0 saturated heterocycles. The Morgan fingerprint density at radius 3 is 2.14 bits per heavy atom. The topological polar surface area (TPSA) is 26.0 Å². The van der Waals surface area contributed by atoms with Gasteiger partial charge in [0.1, 0.15) is 0 Å². The largest absolute Gasteiger partial charge is 0.320 e. The van der Waals surface area contributed by atoms with Crippen LogP contribution >= 0.6 is 0 Å². The van der Waals surface area contributed by atoms with Crippen LogP contribution < -0.4 is 5.73 Å². The second-order valence-electron chi connectivity index (χ2n) is 6.53. The zero-order chi connectivity index (χ0) is 15.0. The Bertz CT molecular complexity index is 647. The molecule has 0 amide bonds. The van der Waals surface area contributed by atoms with Crippen molar-refractivity contribution < 1.29 is 0 Å². The van der Waals surface area contributed by atoms with Gasteiger partial charge in [0.15, 0.2) is 0 Å². The SMILES string of the molecule is Cc1cc(C)c(C(N)c2ccc3c(c2)CCCC3)c(C)c1. The molecule has 0 aliphatic heterocycles. The summed E-state index contributed by atoms with van der Waals surface area (Å²) < 4.78 is 0. The maximum Gasteiger partial charge on any atom is 0.0556 e. The molecule has 0 bridgehead atoms. The molecule has 0 saturated carbocycles. The van der Waals surface area contributed by atoms with Gasteiger partial charge in [-0.2, -0.15) is 0 Å². The van der Waals surface area contributed by atoms with Crippen molar-refractivity contribution in [2.24, 2.45) is 5.73 Å². The summed E-state index contributed by atoms with van der Waals surface area (Å²) in [5, 5.41) is 0. The van der Waals surface area contributed by atoms with Crippen LogP contribution in [0.3, 0.4) is 0 Å². The molecule has 0 heterocycles. The lowest BCUT2D eigenvalue weighted by Crippen LogP contribution is -2.16. The van der Waals surface area contributed by atoms with Gasteiger partial charge in [0.2, 0.25) is 0 Å². The normalized spacial score (nSPS) is 15.6. The van der Waals surface area contributed by atoms with Crippen molar-refractivity contribution >= 4 is 0 Å². The zero-order valence-electron chi connectivity index (χ0n) is 13.4. The summed E-state index contributed by atoms with van der Waals surface area (Å²) in [5.74, 6) is 0. The lowest BCUT2D eigenvalue weighted by molar-refractivity contribution is 0.682. The van der Waals surface area contributed by atoms with Crippen LogP contribution in [0, 0.1) is 20.8 Å². The molecule has 1 unspecified atom stereocenters.